The fraction of sp³-hybridized carbons (Fsp3) is 0.600. The van der Waals surface area contributed by atoms with Gasteiger partial charge in [0.25, 0.3) is 7.59 Å². The van der Waals surface area contributed by atoms with E-state index in [-0.39, 0.29) is 0 Å². The van der Waals surface area contributed by atoms with E-state index in [0.717, 1.165) is 25.0 Å². The van der Waals surface area contributed by atoms with Crippen molar-refractivity contribution in [3.63, 3.8) is 0 Å². The first-order valence-electron chi connectivity index (χ1n) is 3.22. The Morgan fingerprint density at radius 1 is 1.60 bits per heavy atom. The topological polar surface area (TPSA) is 81.1 Å². The third-order valence-corrected chi connectivity index (χ3v) is 2.00. The lowest BCUT2D eigenvalue weighted by Gasteiger charge is -2.09. The van der Waals surface area contributed by atoms with Crippen LogP contribution in [0.2, 0.25) is 0 Å². The Kier molecular flexibility index (Phi) is 2.14. The van der Waals surface area contributed by atoms with Gasteiger partial charge < -0.3 is 5.09 Å². The molecule has 0 bridgehead atoms. The van der Waals surface area contributed by atoms with Gasteiger partial charge in [0.2, 0.25) is 0 Å². The quantitative estimate of drug-likeness (QED) is 0.520. The second-order valence-electron chi connectivity index (χ2n) is 2.44. The van der Waals surface area contributed by atoms with Gasteiger partial charge in [0.05, 0.1) is 0 Å². The summed E-state index contributed by atoms with van der Waals surface area (Å²) in [5.74, 6) is 0. The summed E-state index contributed by atoms with van der Waals surface area (Å²) in [5, 5.41) is 2.59. The van der Waals surface area contributed by atoms with E-state index >= 15 is 0 Å². The fourth-order valence-electron chi connectivity index (χ4n) is 0.997. The maximum atomic E-state index is 10.8. The molecule has 0 atom stereocenters. The molecule has 0 aliphatic heterocycles. The van der Waals surface area contributed by atoms with Crippen molar-refractivity contribution in [2.75, 3.05) is 0 Å². The molecular weight excluding hydrogens is 149 g/mol. The highest BCUT2D eigenvalue weighted by Gasteiger charge is 2.11. The summed E-state index contributed by atoms with van der Waals surface area (Å²) in [6.45, 7) is 0. The first-order chi connectivity index (χ1) is 4.58. The van der Waals surface area contributed by atoms with Gasteiger partial charge in [0.15, 0.2) is 0 Å². The zero-order chi connectivity index (χ0) is 7.61. The normalized spacial score (nSPS) is 18.8. The SMILES string of the molecule is NP(N)(=O)NC1=CCCC1. The lowest BCUT2D eigenvalue weighted by atomic mass is 10.3. The zero-order valence-corrected chi connectivity index (χ0v) is 6.60. The Labute approximate surface area is 60.2 Å². The highest BCUT2D eigenvalue weighted by Crippen LogP contribution is 2.25. The van der Waals surface area contributed by atoms with Crippen LogP contribution in [-0.2, 0) is 4.57 Å². The van der Waals surface area contributed by atoms with Crippen molar-refractivity contribution in [3.05, 3.63) is 11.8 Å². The van der Waals surface area contributed by atoms with E-state index in [2.05, 4.69) is 5.09 Å². The van der Waals surface area contributed by atoms with E-state index in [1.807, 2.05) is 6.08 Å². The molecule has 0 amide bonds. The average Bonchev–Trinajstić information content (AvgIpc) is 2.12. The van der Waals surface area contributed by atoms with Crippen LogP contribution in [0.25, 0.3) is 0 Å². The largest absolute Gasteiger partial charge is 0.317 e. The van der Waals surface area contributed by atoms with Crippen LogP contribution in [0.5, 0.6) is 0 Å². The molecule has 10 heavy (non-hydrogen) atoms. The number of nitrogens with two attached hydrogens (primary N) is 2. The molecule has 58 valence electrons. The number of rotatable bonds is 2. The second-order valence-corrected chi connectivity index (χ2v) is 4.09. The van der Waals surface area contributed by atoms with Crippen LogP contribution in [-0.4, -0.2) is 0 Å². The first kappa shape index (κ1) is 7.79. The van der Waals surface area contributed by atoms with Crippen LogP contribution in [0.1, 0.15) is 19.3 Å². The van der Waals surface area contributed by atoms with Gasteiger partial charge in [0.1, 0.15) is 0 Å². The lowest BCUT2D eigenvalue weighted by Crippen LogP contribution is -2.20. The van der Waals surface area contributed by atoms with Gasteiger partial charge in [-0.3, -0.25) is 15.6 Å². The summed E-state index contributed by atoms with van der Waals surface area (Å²) in [4.78, 5) is 0. The fourth-order valence-corrected chi connectivity index (χ4v) is 1.65. The molecule has 5 heteroatoms. The minimum Gasteiger partial charge on any atom is -0.317 e. The van der Waals surface area contributed by atoms with E-state index in [4.69, 9.17) is 11.0 Å². The Hall–Kier alpha value is -0.310. The van der Waals surface area contributed by atoms with Gasteiger partial charge >= 0.3 is 0 Å². The summed E-state index contributed by atoms with van der Waals surface area (Å²) < 4.78 is 10.8. The number of nitrogens with one attached hydrogen (secondary N) is 1. The molecule has 1 aliphatic rings. The standard InChI is InChI=1S/C5H12N3OP/c6-10(7,9)8-5-3-1-2-4-5/h3H,1-2,4H2,(H5,6,7,8,9). The molecule has 0 saturated heterocycles. The van der Waals surface area contributed by atoms with Crippen LogP contribution in [0.3, 0.4) is 0 Å². The summed E-state index contributed by atoms with van der Waals surface area (Å²) in [6.07, 6.45) is 5.02. The molecule has 0 aromatic heterocycles. The molecular formula is C5H12N3OP. The minimum absolute atomic E-state index is 0.915. The Morgan fingerprint density at radius 2 is 2.30 bits per heavy atom. The molecule has 0 radical (unpaired) electrons. The van der Waals surface area contributed by atoms with Crippen LogP contribution in [0.15, 0.2) is 11.8 Å². The van der Waals surface area contributed by atoms with Crippen LogP contribution in [0.4, 0.5) is 0 Å². The van der Waals surface area contributed by atoms with Crippen LogP contribution < -0.4 is 16.1 Å². The van der Waals surface area contributed by atoms with Crippen molar-refractivity contribution >= 4 is 7.59 Å². The van der Waals surface area contributed by atoms with E-state index in [9.17, 15) is 4.57 Å². The molecule has 0 spiro atoms. The third-order valence-electron chi connectivity index (χ3n) is 1.36. The maximum absolute atomic E-state index is 10.8. The molecule has 1 aliphatic carbocycles. The van der Waals surface area contributed by atoms with Gasteiger partial charge in [-0.25, -0.2) is 0 Å². The first-order valence-corrected chi connectivity index (χ1v) is 5.07. The molecule has 0 heterocycles. The van der Waals surface area contributed by atoms with E-state index in [1.165, 1.54) is 0 Å². The summed E-state index contributed by atoms with van der Waals surface area (Å²) in [6, 6.07) is 0. The monoisotopic (exact) mass is 161 g/mol. The molecule has 5 N–H and O–H groups in total. The van der Waals surface area contributed by atoms with Gasteiger partial charge in [-0.05, 0) is 19.3 Å². The van der Waals surface area contributed by atoms with Crippen molar-refractivity contribution in [1.29, 1.82) is 0 Å². The highest BCUT2D eigenvalue weighted by molar-refractivity contribution is 7.57. The van der Waals surface area contributed by atoms with Crippen molar-refractivity contribution < 1.29 is 4.57 Å². The van der Waals surface area contributed by atoms with Crippen molar-refractivity contribution in [1.82, 2.24) is 5.09 Å². The minimum atomic E-state index is -3.03. The molecule has 4 nitrogen and oxygen atoms in total. The highest BCUT2D eigenvalue weighted by atomic mass is 31.2. The second kappa shape index (κ2) is 2.74. The third kappa shape index (κ3) is 2.52. The lowest BCUT2D eigenvalue weighted by molar-refractivity contribution is 0.570. The molecule has 1 rings (SSSR count). The Bertz CT molecular complexity index is 195. The summed E-state index contributed by atoms with van der Waals surface area (Å²) in [7, 11) is -3.03. The van der Waals surface area contributed by atoms with Crippen molar-refractivity contribution in [3.8, 4) is 0 Å². The van der Waals surface area contributed by atoms with Crippen LogP contribution >= 0.6 is 7.59 Å². The van der Waals surface area contributed by atoms with Crippen molar-refractivity contribution in [2.24, 2.45) is 11.0 Å². The molecule has 0 aromatic carbocycles. The Balaban J connectivity index is 2.46. The predicted octanol–water partition coefficient (Wildman–Crippen LogP) is 0.669. The van der Waals surface area contributed by atoms with Gasteiger partial charge in [-0.2, -0.15) is 0 Å². The van der Waals surface area contributed by atoms with Crippen molar-refractivity contribution in [2.45, 2.75) is 19.3 Å². The molecule has 0 unspecified atom stereocenters. The van der Waals surface area contributed by atoms with Crippen LogP contribution in [0, 0.1) is 0 Å². The number of allylic oxidation sites excluding steroid dienone is 2. The summed E-state index contributed by atoms with van der Waals surface area (Å²) >= 11 is 0. The zero-order valence-electron chi connectivity index (χ0n) is 5.71. The van der Waals surface area contributed by atoms with E-state index < -0.39 is 7.59 Å². The number of hydrogen-bond donors (Lipinski definition) is 3. The number of hydrogen-bond acceptors (Lipinski definition) is 1. The van der Waals surface area contributed by atoms with Gasteiger partial charge in [-0.1, -0.05) is 6.08 Å². The smallest absolute Gasteiger partial charge is 0.297 e. The Morgan fingerprint density at radius 3 is 2.70 bits per heavy atom. The molecule has 0 aromatic rings. The van der Waals surface area contributed by atoms with Gasteiger partial charge in [0, 0.05) is 5.70 Å². The molecule has 0 fully saturated rings. The van der Waals surface area contributed by atoms with Gasteiger partial charge in [-0.15, -0.1) is 0 Å². The average molecular weight is 161 g/mol. The molecule has 0 saturated carbocycles. The maximum Gasteiger partial charge on any atom is 0.297 e. The van der Waals surface area contributed by atoms with E-state index in [0.29, 0.717) is 0 Å². The summed E-state index contributed by atoms with van der Waals surface area (Å²) in [5.41, 5.74) is 11.1. The predicted molar refractivity (Wildman–Crippen MR) is 41.1 cm³/mol. The van der Waals surface area contributed by atoms with E-state index in [1.54, 1.807) is 0 Å².